The Balaban J connectivity index is 1.74. The molecule has 0 unspecified atom stereocenters. The van der Waals surface area contributed by atoms with Gasteiger partial charge in [-0.3, -0.25) is 19.5 Å². The predicted octanol–water partition coefficient (Wildman–Crippen LogP) is 3.77. The van der Waals surface area contributed by atoms with Gasteiger partial charge >= 0.3 is 0 Å². The van der Waals surface area contributed by atoms with Gasteiger partial charge < -0.3 is 10.1 Å². The predicted molar refractivity (Wildman–Crippen MR) is 137 cm³/mol. The second kappa shape index (κ2) is 11.4. The van der Waals surface area contributed by atoms with Gasteiger partial charge in [-0.15, -0.1) is 5.10 Å². The molecule has 1 atom stereocenters. The summed E-state index contributed by atoms with van der Waals surface area (Å²) >= 11 is 0. The molecule has 2 aromatic carbocycles. The third-order valence-corrected chi connectivity index (χ3v) is 5.85. The molecular weight excluding hydrogens is 456 g/mol. The van der Waals surface area contributed by atoms with E-state index in [0.717, 1.165) is 11.9 Å². The van der Waals surface area contributed by atoms with Gasteiger partial charge in [-0.1, -0.05) is 37.3 Å². The second-order valence-corrected chi connectivity index (χ2v) is 8.86. The van der Waals surface area contributed by atoms with E-state index in [-0.39, 0.29) is 18.4 Å². The molecule has 0 radical (unpaired) electrons. The zero-order valence-corrected chi connectivity index (χ0v) is 20.7. The maximum Gasteiger partial charge on any atom is 0.249 e. The number of benzene rings is 2. The van der Waals surface area contributed by atoms with Crippen molar-refractivity contribution in [2.45, 2.75) is 32.9 Å². The van der Waals surface area contributed by atoms with Gasteiger partial charge in [-0.2, -0.15) is 0 Å². The van der Waals surface area contributed by atoms with E-state index < -0.39 is 6.04 Å². The van der Waals surface area contributed by atoms with E-state index in [1.54, 1.807) is 60.6 Å². The Morgan fingerprint density at radius 1 is 1.06 bits per heavy atom. The topological polar surface area (TPSA) is 102 Å². The third kappa shape index (κ3) is 5.68. The minimum absolute atomic E-state index is 0.0947. The van der Waals surface area contributed by atoms with Gasteiger partial charge in [0.15, 0.2) is 0 Å². The summed E-state index contributed by atoms with van der Waals surface area (Å²) in [5.74, 6) is 0.481. The Morgan fingerprint density at radius 3 is 2.53 bits per heavy atom. The van der Waals surface area contributed by atoms with Crippen molar-refractivity contribution in [2.75, 3.05) is 18.6 Å². The van der Waals surface area contributed by atoms with Gasteiger partial charge in [0.25, 0.3) is 0 Å². The van der Waals surface area contributed by atoms with Gasteiger partial charge in [-0.05, 0) is 54.8 Å². The van der Waals surface area contributed by atoms with Crippen molar-refractivity contribution in [3.05, 3.63) is 78.6 Å². The largest absolute Gasteiger partial charge is 0.497 e. The molecule has 0 spiro atoms. The lowest BCUT2D eigenvalue weighted by Crippen LogP contribution is -2.45. The lowest BCUT2D eigenvalue weighted by molar-refractivity contribution is -0.127. The van der Waals surface area contributed by atoms with E-state index in [0.29, 0.717) is 35.0 Å². The Labute approximate surface area is 210 Å². The molecule has 0 fully saturated rings. The molecule has 36 heavy (non-hydrogen) atoms. The molecule has 9 heteroatoms. The van der Waals surface area contributed by atoms with Crippen molar-refractivity contribution >= 4 is 28.5 Å². The lowest BCUT2D eigenvalue weighted by atomic mass is 10.0. The molecule has 0 aliphatic heterocycles. The molecule has 0 saturated carbocycles. The monoisotopic (exact) mass is 486 g/mol. The summed E-state index contributed by atoms with van der Waals surface area (Å²) in [6.07, 6.45) is 4.08. The number of rotatable bonds is 10. The Hall–Kier alpha value is -4.27. The Morgan fingerprint density at radius 2 is 1.83 bits per heavy atom. The highest BCUT2D eigenvalue weighted by atomic mass is 16.5. The number of amides is 2. The van der Waals surface area contributed by atoms with Crippen LogP contribution in [0.2, 0.25) is 0 Å². The maximum absolute atomic E-state index is 13.9. The van der Waals surface area contributed by atoms with Crippen LogP contribution in [0.15, 0.2) is 73.1 Å². The zero-order valence-electron chi connectivity index (χ0n) is 20.7. The van der Waals surface area contributed by atoms with Gasteiger partial charge in [0.05, 0.1) is 12.6 Å². The fourth-order valence-corrected chi connectivity index (χ4v) is 3.95. The third-order valence-electron chi connectivity index (χ3n) is 5.85. The van der Waals surface area contributed by atoms with Crippen LogP contribution in [0.25, 0.3) is 11.0 Å². The van der Waals surface area contributed by atoms with E-state index in [1.807, 2.05) is 24.3 Å². The Kier molecular flexibility index (Phi) is 7.89. The summed E-state index contributed by atoms with van der Waals surface area (Å²) in [5.41, 5.74) is 2.58. The van der Waals surface area contributed by atoms with E-state index in [1.165, 1.54) is 4.90 Å². The molecule has 1 N–H and O–H groups in total. The van der Waals surface area contributed by atoms with Gasteiger partial charge in [0.1, 0.15) is 23.9 Å². The van der Waals surface area contributed by atoms with E-state index in [9.17, 15) is 9.59 Å². The fourth-order valence-electron chi connectivity index (χ4n) is 3.95. The molecule has 0 bridgehead atoms. The van der Waals surface area contributed by atoms with Gasteiger partial charge in [0, 0.05) is 30.2 Å². The van der Waals surface area contributed by atoms with Crippen LogP contribution < -0.4 is 15.0 Å². The summed E-state index contributed by atoms with van der Waals surface area (Å²) in [5, 5.41) is 11.3. The van der Waals surface area contributed by atoms with Crippen LogP contribution in [0.1, 0.15) is 31.9 Å². The number of nitrogens with one attached hydrogen (secondary N) is 1. The second-order valence-electron chi connectivity index (χ2n) is 8.86. The first-order chi connectivity index (χ1) is 17.5. The SMILES string of the molecule is COc1ccc(N(C(=O)Cn2nnc3ccccc32)[C@@H](C(=O)NCCC(C)C)c2cccnc2)cc1. The molecule has 0 aliphatic rings. The quantitative estimate of drug-likeness (QED) is 0.366. The van der Waals surface area contributed by atoms with E-state index in [4.69, 9.17) is 4.74 Å². The van der Waals surface area contributed by atoms with Crippen LogP contribution in [0, 0.1) is 5.92 Å². The first kappa shape index (κ1) is 24.8. The number of aromatic nitrogens is 4. The zero-order chi connectivity index (χ0) is 25.5. The molecule has 9 nitrogen and oxygen atoms in total. The van der Waals surface area contributed by atoms with Crippen LogP contribution in [0.5, 0.6) is 5.75 Å². The van der Waals surface area contributed by atoms with Crippen molar-refractivity contribution in [1.82, 2.24) is 25.3 Å². The molecular formula is C27H30N6O3. The molecule has 4 rings (SSSR count). The minimum Gasteiger partial charge on any atom is -0.497 e. The summed E-state index contributed by atoms with van der Waals surface area (Å²) in [4.78, 5) is 33.2. The number of hydrogen-bond donors (Lipinski definition) is 1. The molecule has 186 valence electrons. The van der Waals surface area contributed by atoms with E-state index >= 15 is 0 Å². The van der Waals surface area contributed by atoms with Crippen LogP contribution >= 0.6 is 0 Å². The summed E-state index contributed by atoms with van der Waals surface area (Å²) in [6.45, 7) is 4.61. The molecule has 4 aromatic rings. The first-order valence-corrected chi connectivity index (χ1v) is 11.9. The summed E-state index contributed by atoms with van der Waals surface area (Å²) in [7, 11) is 1.58. The van der Waals surface area contributed by atoms with Crippen LogP contribution in [0.4, 0.5) is 5.69 Å². The normalized spacial score (nSPS) is 11.9. The summed E-state index contributed by atoms with van der Waals surface area (Å²) < 4.78 is 6.84. The number of ether oxygens (including phenoxy) is 1. The van der Waals surface area contributed by atoms with E-state index in [2.05, 4.69) is 34.5 Å². The number of carbonyl (C=O) groups excluding carboxylic acids is 2. The molecule has 2 heterocycles. The van der Waals surface area contributed by atoms with Crippen molar-refractivity contribution in [3.63, 3.8) is 0 Å². The first-order valence-electron chi connectivity index (χ1n) is 11.9. The number of anilines is 1. The van der Waals surface area contributed by atoms with Crippen LogP contribution in [-0.4, -0.2) is 45.4 Å². The number of para-hydroxylation sites is 1. The number of nitrogens with zero attached hydrogens (tertiary/aromatic N) is 5. The number of pyridine rings is 1. The van der Waals surface area contributed by atoms with Crippen molar-refractivity contribution in [1.29, 1.82) is 0 Å². The number of hydrogen-bond acceptors (Lipinski definition) is 6. The highest BCUT2D eigenvalue weighted by Gasteiger charge is 2.33. The van der Waals surface area contributed by atoms with Crippen LogP contribution in [0.3, 0.4) is 0 Å². The standard InChI is InChI=1S/C27H30N6O3/c1-19(2)14-16-29-27(35)26(20-7-6-15-28-17-20)33(21-10-12-22(36-3)13-11-21)25(34)18-32-24-9-5-4-8-23(24)30-31-32/h4-13,15,17,19,26H,14,16,18H2,1-3H3,(H,29,35)/t26-/m1/s1. The molecule has 2 amide bonds. The highest BCUT2D eigenvalue weighted by molar-refractivity contribution is 6.01. The molecule has 0 saturated heterocycles. The molecule has 0 aliphatic carbocycles. The smallest absolute Gasteiger partial charge is 0.249 e. The highest BCUT2D eigenvalue weighted by Crippen LogP contribution is 2.30. The number of methoxy groups -OCH3 is 1. The average molecular weight is 487 g/mol. The molecule has 2 aromatic heterocycles. The summed E-state index contributed by atoms with van der Waals surface area (Å²) in [6, 6.07) is 17.1. The minimum atomic E-state index is -0.929. The number of fused-ring (bicyclic) bond motifs is 1. The maximum atomic E-state index is 13.9. The van der Waals surface area contributed by atoms with Crippen molar-refractivity contribution in [2.24, 2.45) is 5.92 Å². The fraction of sp³-hybridized carbons (Fsp3) is 0.296. The van der Waals surface area contributed by atoms with Gasteiger partial charge in [0.2, 0.25) is 11.8 Å². The number of carbonyl (C=O) groups is 2. The van der Waals surface area contributed by atoms with Crippen LogP contribution in [-0.2, 0) is 16.1 Å². The van der Waals surface area contributed by atoms with Crippen molar-refractivity contribution < 1.29 is 14.3 Å². The van der Waals surface area contributed by atoms with Crippen molar-refractivity contribution in [3.8, 4) is 5.75 Å². The average Bonchev–Trinajstić information content (AvgIpc) is 3.30. The van der Waals surface area contributed by atoms with Gasteiger partial charge in [-0.25, -0.2) is 4.68 Å². The lowest BCUT2D eigenvalue weighted by Gasteiger charge is -2.31. The Bertz CT molecular complexity index is 1300.